The maximum absolute atomic E-state index is 10.1. The lowest BCUT2D eigenvalue weighted by atomic mass is 10.1. The molecule has 0 aliphatic carbocycles. The average Bonchev–Trinajstić information content (AvgIpc) is 2.08. The molecule has 0 aliphatic heterocycles. The van der Waals surface area contributed by atoms with Gasteiger partial charge in [-0.2, -0.15) is 0 Å². The van der Waals surface area contributed by atoms with Crippen LogP contribution < -0.4 is 0 Å². The summed E-state index contributed by atoms with van der Waals surface area (Å²) in [5.74, 6) is 5.88. The smallest absolute Gasteiger partial charge is 0.304 e. The molecule has 0 radical (unpaired) electrons. The Morgan fingerprint density at radius 1 is 1.21 bits per heavy atom. The monoisotopic (exact) mass is 196 g/mol. The predicted molar refractivity (Wildman–Crippen MR) is 58.0 cm³/mol. The van der Waals surface area contributed by atoms with E-state index in [9.17, 15) is 4.79 Å². The van der Waals surface area contributed by atoms with Crippen molar-refractivity contribution in [1.82, 2.24) is 0 Å². The Morgan fingerprint density at radius 3 is 2.43 bits per heavy atom. The van der Waals surface area contributed by atoms with Gasteiger partial charge < -0.3 is 5.11 Å². The molecule has 0 saturated carbocycles. The second kappa shape index (κ2) is 8.62. The van der Waals surface area contributed by atoms with Gasteiger partial charge in [-0.3, -0.25) is 4.79 Å². The largest absolute Gasteiger partial charge is 0.481 e. The molecule has 2 nitrogen and oxygen atoms in total. The van der Waals surface area contributed by atoms with E-state index in [4.69, 9.17) is 5.11 Å². The SMILES string of the molecule is CC(C)CCCCC#CCCC(=O)O. The van der Waals surface area contributed by atoms with Crippen LogP contribution in [0.4, 0.5) is 0 Å². The number of hydrogen-bond acceptors (Lipinski definition) is 1. The van der Waals surface area contributed by atoms with Crippen LogP contribution in [0.3, 0.4) is 0 Å². The number of hydrogen-bond donors (Lipinski definition) is 1. The molecule has 0 aromatic rings. The van der Waals surface area contributed by atoms with Crippen LogP contribution in [0.2, 0.25) is 0 Å². The molecule has 0 heterocycles. The number of carboxylic acid groups (broad SMARTS) is 1. The molecule has 0 aromatic heterocycles. The first-order chi connectivity index (χ1) is 6.63. The van der Waals surface area contributed by atoms with Gasteiger partial charge in [0.1, 0.15) is 0 Å². The van der Waals surface area contributed by atoms with E-state index in [2.05, 4.69) is 25.7 Å². The molecule has 0 atom stereocenters. The van der Waals surface area contributed by atoms with Crippen molar-refractivity contribution in [3.8, 4) is 11.8 Å². The first-order valence-corrected chi connectivity index (χ1v) is 5.30. The Balaban J connectivity index is 3.22. The van der Waals surface area contributed by atoms with Crippen molar-refractivity contribution in [2.75, 3.05) is 0 Å². The van der Waals surface area contributed by atoms with Crippen LogP contribution in [0.5, 0.6) is 0 Å². The first-order valence-electron chi connectivity index (χ1n) is 5.30. The molecule has 0 aromatic carbocycles. The van der Waals surface area contributed by atoms with Gasteiger partial charge in [-0.15, -0.1) is 11.8 Å². The number of rotatable bonds is 6. The summed E-state index contributed by atoms with van der Waals surface area (Å²) >= 11 is 0. The molecule has 0 aliphatic rings. The van der Waals surface area contributed by atoms with Crippen molar-refractivity contribution < 1.29 is 9.90 Å². The highest BCUT2D eigenvalue weighted by Crippen LogP contribution is 2.07. The van der Waals surface area contributed by atoms with Crippen molar-refractivity contribution in [2.45, 2.75) is 52.4 Å². The van der Waals surface area contributed by atoms with E-state index in [0.29, 0.717) is 6.42 Å². The fourth-order valence-electron chi connectivity index (χ4n) is 1.11. The zero-order valence-corrected chi connectivity index (χ0v) is 9.18. The zero-order valence-electron chi connectivity index (χ0n) is 9.18. The van der Waals surface area contributed by atoms with Crippen LogP contribution in [0.15, 0.2) is 0 Å². The van der Waals surface area contributed by atoms with E-state index in [1.54, 1.807) is 0 Å². The summed E-state index contributed by atoms with van der Waals surface area (Å²) in [7, 11) is 0. The van der Waals surface area contributed by atoms with Gasteiger partial charge in [0.15, 0.2) is 0 Å². The molecule has 0 amide bonds. The van der Waals surface area contributed by atoms with Gasteiger partial charge in [0.05, 0.1) is 6.42 Å². The highest BCUT2D eigenvalue weighted by Gasteiger charge is 1.93. The predicted octanol–water partition coefficient (Wildman–Crippen LogP) is 3.07. The van der Waals surface area contributed by atoms with Gasteiger partial charge in [-0.25, -0.2) is 0 Å². The van der Waals surface area contributed by atoms with E-state index in [1.807, 2.05) is 0 Å². The standard InChI is InChI=1S/C12H20O2/c1-11(2)9-7-5-3-4-6-8-10-12(13)14/h11H,3,5,7-10H2,1-2H3,(H,13,14). The molecule has 0 saturated heterocycles. The lowest BCUT2D eigenvalue weighted by molar-refractivity contribution is -0.136. The van der Waals surface area contributed by atoms with Crippen molar-refractivity contribution in [2.24, 2.45) is 5.92 Å². The normalized spacial score (nSPS) is 9.64. The topological polar surface area (TPSA) is 37.3 Å². The first kappa shape index (κ1) is 13.0. The molecule has 0 bridgehead atoms. The van der Waals surface area contributed by atoms with E-state index < -0.39 is 5.97 Å². The van der Waals surface area contributed by atoms with Crippen molar-refractivity contribution in [1.29, 1.82) is 0 Å². The summed E-state index contributed by atoms with van der Waals surface area (Å²) in [6.07, 6.45) is 5.19. The molecule has 0 unspecified atom stereocenters. The van der Waals surface area contributed by atoms with Gasteiger partial charge >= 0.3 is 5.97 Å². The number of carbonyl (C=O) groups is 1. The second-order valence-electron chi connectivity index (χ2n) is 3.89. The van der Waals surface area contributed by atoms with Gasteiger partial charge in [-0.1, -0.05) is 26.7 Å². The lowest BCUT2D eigenvalue weighted by Gasteiger charge is -2.00. The van der Waals surface area contributed by atoms with Crippen molar-refractivity contribution in [3.63, 3.8) is 0 Å². The summed E-state index contributed by atoms with van der Waals surface area (Å²) in [6.45, 7) is 4.44. The molecule has 0 spiro atoms. The van der Waals surface area contributed by atoms with Crippen LogP contribution in [0.25, 0.3) is 0 Å². The molecule has 2 heteroatoms. The van der Waals surface area contributed by atoms with Crippen LogP contribution in [-0.4, -0.2) is 11.1 Å². The fraction of sp³-hybridized carbons (Fsp3) is 0.750. The van der Waals surface area contributed by atoms with E-state index in [0.717, 1.165) is 18.8 Å². The van der Waals surface area contributed by atoms with Crippen LogP contribution in [-0.2, 0) is 4.79 Å². The van der Waals surface area contributed by atoms with Gasteiger partial charge in [-0.05, 0) is 12.3 Å². The number of carboxylic acids is 1. The highest BCUT2D eigenvalue weighted by atomic mass is 16.4. The highest BCUT2D eigenvalue weighted by molar-refractivity contribution is 5.66. The van der Waals surface area contributed by atoms with Crippen LogP contribution >= 0.6 is 0 Å². The summed E-state index contributed by atoms with van der Waals surface area (Å²) < 4.78 is 0. The summed E-state index contributed by atoms with van der Waals surface area (Å²) in [5, 5.41) is 8.35. The Kier molecular flexibility index (Phi) is 8.02. The second-order valence-corrected chi connectivity index (χ2v) is 3.89. The minimum Gasteiger partial charge on any atom is -0.481 e. The van der Waals surface area contributed by atoms with E-state index in [-0.39, 0.29) is 6.42 Å². The van der Waals surface area contributed by atoms with Crippen LogP contribution in [0, 0.1) is 17.8 Å². The Labute approximate surface area is 86.7 Å². The molecular weight excluding hydrogens is 176 g/mol. The summed E-state index contributed by atoms with van der Waals surface area (Å²) in [6, 6.07) is 0. The van der Waals surface area contributed by atoms with Gasteiger partial charge in [0, 0.05) is 12.8 Å². The molecule has 0 rings (SSSR count). The molecule has 1 N–H and O–H groups in total. The fourth-order valence-corrected chi connectivity index (χ4v) is 1.11. The minimum atomic E-state index is -0.765. The number of aliphatic carboxylic acids is 1. The maximum atomic E-state index is 10.1. The summed E-state index contributed by atoms with van der Waals surface area (Å²) in [5.41, 5.74) is 0. The third-order valence-electron chi connectivity index (χ3n) is 1.92. The quantitative estimate of drug-likeness (QED) is 0.523. The lowest BCUT2D eigenvalue weighted by Crippen LogP contribution is -1.91. The summed E-state index contributed by atoms with van der Waals surface area (Å²) in [4.78, 5) is 10.1. The Hall–Kier alpha value is -0.970. The van der Waals surface area contributed by atoms with Gasteiger partial charge in [0.2, 0.25) is 0 Å². The van der Waals surface area contributed by atoms with Crippen molar-refractivity contribution in [3.05, 3.63) is 0 Å². The zero-order chi connectivity index (χ0) is 10.8. The molecule has 14 heavy (non-hydrogen) atoms. The third kappa shape index (κ3) is 11.0. The average molecular weight is 196 g/mol. The number of unbranched alkanes of at least 4 members (excludes halogenated alkanes) is 2. The van der Waals surface area contributed by atoms with E-state index >= 15 is 0 Å². The molecule has 80 valence electrons. The van der Waals surface area contributed by atoms with Crippen molar-refractivity contribution >= 4 is 5.97 Å². The van der Waals surface area contributed by atoms with Crippen LogP contribution in [0.1, 0.15) is 52.4 Å². The molecule has 0 fully saturated rings. The van der Waals surface area contributed by atoms with E-state index in [1.165, 1.54) is 12.8 Å². The van der Waals surface area contributed by atoms with Gasteiger partial charge in [0.25, 0.3) is 0 Å². The molecular formula is C12H20O2. The Morgan fingerprint density at radius 2 is 1.86 bits per heavy atom. The minimum absolute atomic E-state index is 0.166. The third-order valence-corrected chi connectivity index (χ3v) is 1.92. The maximum Gasteiger partial charge on any atom is 0.304 e. The Bertz CT molecular complexity index is 208.